The van der Waals surface area contributed by atoms with E-state index in [9.17, 15) is 18.4 Å². The first kappa shape index (κ1) is 19.0. The van der Waals surface area contributed by atoms with Crippen molar-refractivity contribution in [3.63, 3.8) is 0 Å². The molecule has 0 unspecified atom stereocenters. The van der Waals surface area contributed by atoms with Gasteiger partial charge in [-0.1, -0.05) is 0 Å². The fourth-order valence-corrected chi connectivity index (χ4v) is 3.31. The highest BCUT2D eigenvalue weighted by Crippen LogP contribution is 2.16. The van der Waals surface area contributed by atoms with E-state index in [-0.39, 0.29) is 23.8 Å². The molecule has 2 heterocycles. The fraction of sp³-hybridized carbons (Fsp3) is 0.421. The average molecular weight is 376 g/mol. The number of carbonyl (C=O) groups is 2. The highest BCUT2D eigenvalue weighted by atomic mass is 19.2. The Balaban J connectivity index is 1.60. The van der Waals surface area contributed by atoms with Gasteiger partial charge in [-0.25, -0.2) is 8.78 Å². The van der Waals surface area contributed by atoms with Crippen LogP contribution in [-0.2, 0) is 18.3 Å². The predicted molar refractivity (Wildman–Crippen MR) is 95.2 cm³/mol. The first-order valence-corrected chi connectivity index (χ1v) is 8.79. The smallest absolute Gasteiger partial charge is 0.254 e. The van der Waals surface area contributed by atoms with Gasteiger partial charge < -0.3 is 9.80 Å². The minimum atomic E-state index is -1.04. The molecule has 1 aliphatic heterocycles. The molecular formula is C19H22F2N4O2. The predicted octanol–water partition coefficient (Wildman–Crippen LogP) is 1.84. The summed E-state index contributed by atoms with van der Waals surface area (Å²) in [5.41, 5.74) is 2.85. The van der Waals surface area contributed by atoms with E-state index in [2.05, 4.69) is 5.10 Å². The van der Waals surface area contributed by atoms with Crippen LogP contribution in [0.4, 0.5) is 8.78 Å². The molecule has 1 saturated heterocycles. The maximum atomic E-state index is 13.3. The summed E-state index contributed by atoms with van der Waals surface area (Å²) in [5.74, 6) is -2.39. The van der Waals surface area contributed by atoms with Gasteiger partial charge in [-0.15, -0.1) is 0 Å². The number of amides is 2. The van der Waals surface area contributed by atoms with Gasteiger partial charge in [0.15, 0.2) is 11.6 Å². The molecule has 1 aromatic heterocycles. The molecule has 0 bridgehead atoms. The van der Waals surface area contributed by atoms with Crippen molar-refractivity contribution in [3.8, 4) is 0 Å². The van der Waals surface area contributed by atoms with Crippen LogP contribution in [0.5, 0.6) is 0 Å². The van der Waals surface area contributed by atoms with Gasteiger partial charge in [0.05, 0.1) is 12.1 Å². The van der Waals surface area contributed by atoms with E-state index < -0.39 is 11.6 Å². The zero-order chi connectivity index (χ0) is 19.7. The summed E-state index contributed by atoms with van der Waals surface area (Å²) < 4.78 is 28.1. The molecule has 6 nitrogen and oxygen atoms in total. The number of rotatable bonds is 3. The van der Waals surface area contributed by atoms with E-state index in [1.165, 1.54) is 6.07 Å². The lowest BCUT2D eigenvalue weighted by Crippen LogP contribution is -2.51. The molecule has 0 aliphatic carbocycles. The number of aromatic nitrogens is 2. The second-order valence-corrected chi connectivity index (χ2v) is 6.75. The summed E-state index contributed by atoms with van der Waals surface area (Å²) in [6.45, 7) is 5.34. The lowest BCUT2D eigenvalue weighted by atomic mass is 10.1. The molecule has 144 valence electrons. The number of hydrogen-bond acceptors (Lipinski definition) is 3. The van der Waals surface area contributed by atoms with E-state index in [1.807, 2.05) is 20.9 Å². The molecule has 0 N–H and O–H groups in total. The first-order chi connectivity index (χ1) is 12.8. The van der Waals surface area contributed by atoms with Gasteiger partial charge in [-0.2, -0.15) is 5.10 Å². The molecule has 0 radical (unpaired) electrons. The number of nitrogens with zero attached hydrogens (tertiary/aromatic N) is 4. The Morgan fingerprint density at radius 3 is 2.22 bits per heavy atom. The van der Waals surface area contributed by atoms with E-state index in [0.29, 0.717) is 26.2 Å². The normalized spacial score (nSPS) is 14.6. The van der Waals surface area contributed by atoms with Crippen LogP contribution in [0.15, 0.2) is 18.2 Å². The third kappa shape index (κ3) is 3.84. The number of aryl methyl sites for hydroxylation is 2. The van der Waals surface area contributed by atoms with Gasteiger partial charge in [0.2, 0.25) is 5.91 Å². The molecule has 2 amide bonds. The van der Waals surface area contributed by atoms with Gasteiger partial charge in [0, 0.05) is 50.0 Å². The van der Waals surface area contributed by atoms with Crippen LogP contribution in [0.2, 0.25) is 0 Å². The van der Waals surface area contributed by atoms with Crippen molar-refractivity contribution < 1.29 is 18.4 Å². The summed E-state index contributed by atoms with van der Waals surface area (Å²) >= 11 is 0. The van der Waals surface area contributed by atoms with E-state index in [0.717, 1.165) is 29.1 Å². The Morgan fingerprint density at radius 2 is 1.67 bits per heavy atom. The summed E-state index contributed by atoms with van der Waals surface area (Å²) in [7, 11) is 1.85. The van der Waals surface area contributed by atoms with E-state index in [1.54, 1.807) is 14.5 Å². The molecule has 0 atom stereocenters. The van der Waals surface area contributed by atoms with Crippen LogP contribution >= 0.6 is 0 Å². The van der Waals surface area contributed by atoms with Crippen molar-refractivity contribution in [2.24, 2.45) is 7.05 Å². The molecule has 2 aromatic rings. The molecule has 8 heteroatoms. The van der Waals surface area contributed by atoms with Crippen molar-refractivity contribution in [1.29, 1.82) is 0 Å². The quantitative estimate of drug-likeness (QED) is 0.821. The molecule has 1 aliphatic rings. The van der Waals surface area contributed by atoms with Crippen molar-refractivity contribution in [1.82, 2.24) is 19.6 Å². The number of hydrogen-bond donors (Lipinski definition) is 0. The number of carbonyl (C=O) groups excluding carboxylic acids is 2. The summed E-state index contributed by atoms with van der Waals surface area (Å²) in [4.78, 5) is 28.3. The van der Waals surface area contributed by atoms with Gasteiger partial charge in [0.1, 0.15) is 0 Å². The summed E-state index contributed by atoms with van der Waals surface area (Å²) in [6, 6.07) is 3.12. The maximum Gasteiger partial charge on any atom is 0.254 e. The highest BCUT2D eigenvalue weighted by Gasteiger charge is 2.26. The lowest BCUT2D eigenvalue weighted by Gasteiger charge is -2.35. The van der Waals surface area contributed by atoms with E-state index in [4.69, 9.17) is 0 Å². The van der Waals surface area contributed by atoms with Crippen LogP contribution in [0.3, 0.4) is 0 Å². The Labute approximate surface area is 156 Å². The van der Waals surface area contributed by atoms with Gasteiger partial charge in [-0.05, 0) is 32.0 Å². The van der Waals surface area contributed by atoms with Crippen LogP contribution in [0.1, 0.15) is 27.3 Å². The van der Waals surface area contributed by atoms with Gasteiger partial charge in [0.25, 0.3) is 5.91 Å². The molecular weight excluding hydrogens is 354 g/mol. The van der Waals surface area contributed by atoms with Crippen LogP contribution in [0, 0.1) is 25.5 Å². The maximum absolute atomic E-state index is 13.3. The number of piperazine rings is 1. The number of benzene rings is 1. The Hall–Kier alpha value is -2.77. The zero-order valence-electron chi connectivity index (χ0n) is 15.6. The summed E-state index contributed by atoms with van der Waals surface area (Å²) in [5, 5.41) is 4.33. The minimum absolute atomic E-state index is 0.00544. The lowest BCUT2D eigenvalue weighted by molar-refractivity contribution is -0.131. The average Bonchev–Trinajstić information content (AvgIpc) is 2.89. The van der Waals surface area contributed by atoms with Gasteiger partial charge >= 0.3 is 0 Å². The largest absolute Gasteiger partial charge is 0.339 e. The van der Waals surface area contributed by atoms with Crippen LogP contribution in [-0.4, -0.2) is 57.6 Å². The van der Waals surface area contributed by atoms with E-state index >= 15 is 0 Å². The van der Waals surface area contributed by atoms with Crippen molar-refractivity contribution in [2.45, 2.75) is 20.3 Å². The Kier molecular flexibility index (Phi) is 5.25. The SMILES string of the molecule is Cc1nn(C)c(C)c1CC(=O)N1CCN(C(=O)c2ccc(F)c(F)c2)CC1. The standard InChI is InChI=1S/C19H22F2N4O2/c1-12-15(13(2)23(3)22-12)11-18(26)24-6-8-25(9-7-24)19(27)14-4-5-16(20)17(21)10-14/h4-5,10H,6-9,11H2,1-3H3. The molecule has 1 fully saturated rings. The first-order valence-electron chi connectivity index (χ1n) is 8.79. The second kappa shape index (κ2) is 7.46. The molecule has 1 aromatic carbocycles. The molecule has 27 heavy (non-hydrogen) atoms. The topological polar surface area (TPSA) is 58.4 Å². The molecule has 3 rings (SSSR count). The fourth-order valence-electron chi connectivity index (χ4n) is 3.31. The van der Waals surface area contributed by atoms with Crippen LogP contribution in [0.25, 0.3) is 0 Å². The highest BCUT2D eigenvalue weighted by molar-refractivity contribution is 5.94. The third-order valence-electron chi connectivity index (χ3n) is 5.07. The van der Waals surface area contributed by atoms with Crippen molar-refractivity contribution in [2.75, 3.05) is 26.2 Å². The molecule has 0 spiro atoms. The van der Waals surface area contributed by atoms with Crippen molar-refractivity contribution in [3.05, 3.63) is 52.3 Å². The van der Waals surface area contributed by atoms with Gasteiger partial charge in [-0.3, -0.25) is 14.3 Å². The third-order valence-corrected chi connectivity index (χ3v) is 5.07. The van der Waals surface area contributed by atoms with Crippen LogP contribution < -0.4 is 0 Å². The number of halogens is 2. The Morgan fingerprint density at radius 1 is 1.04 bits per heavy atom. The van der Waals surface area contributed by atoms with Crippen molar-refractivity contribution >= 4 is 11.8 Å². The Bertz CT molecular complexity index is 886. The second-order valence-electron chi connectivity index (χ2n) is 6.75. The minimum Gasteiger partial charge on any atom is -0.339 e. The summed E-state index contributed by atoms with van der Waals surface area (Å²) in [6.07, 6.45) is 0.280. The monoisotopic (exact) mass is 376 g/mol. The zero-order valence-corrected chi connectivity index (χ0v) is 15.6. The molecule has 0 saturated carbocycles.